The van der Waals surface area contributed by atoms with Crippen molar-refractivity contribution in [3.05, 3.63) is 6.92 Å². The molecule has 0 unspecified atom stereocenters. The molecule has 0 saturated carbocycles. The second-order valence-electron chi connectivity index (χ2n) is 2.32. The van der Waals surface area contributed by atoms with Crippen LogP contribution in [-0.2, 0) is 35.4 Å². The Labute approximate surface area is 96.8 Å². The van der Waals surface area contributed by atoms with Crippen molar-refractivity contribution in [2.45, 2.75) is 12.8 Å². The van der Waals surface area contributed by atoms with E-state index >= 15 is 0 Å². The Hall–Kier alpha value is -0.282. The Morgan fingerprint density at radius 1 is 1.36 bits per heavy atom. The van der Waals surface area contributed by atoms with Gasteiger partial charge in [-0.25, -0.2) is 0 Å². The molecule has 0 aromatic carbocycles. The molecule has 0 atom stereocenters. The van der Waals surface area contributed by atoms with Crippen LogP contribution in [0.15, 0.2) is 0 Å². The third-order valence-corrected chi connectivity index (χ3v) is 1.26. The van der Waals surface area contributed by atoms with Gasteiger partial charge in [-0.15, -0.1) is 0 Å². The molecule has 0 aliphatic rings. The van der Waals surface area contributed by atoms with Gasteiger partial charge in [-0.1, -0.05) is 6.61 Å². The zero-order valence-electron chi connectivity index (χ0n) is 7.75. The summed E-state index contributed by atoms with van der Waals surface area (Å²) in [5, 5.41) is 2.46. The van der Waals surface area contributed by atoms with Gasteiger partial charge in [0.15, 0.2) is 0 Å². The molecule has 0 bridgehead atoms. The second kappa shape index (κ2) is 10.8. The van der Waals surface area contributed by atoms with Crippen molar-refractivity contribution in [3.63, 3.8) is 0 Å². The molecule has 0 radical (unpaired) electrons. The van der Waals surface area contributed by atoms with Crippen LogP contribution in [0.5, 0.6) is 0 Å². The van der Waals surface area contributed by atoms with Gasteiger partial charge in [-0.2, -0.15) is 4.39 Å². The van der Waals surface area contributed by atoms with Crippen LogP contribution < -0.4 is 5.32 Å². The van der Waals surface area contributed by atoms with E-state index in [9.17, 15) is 14.0 Å². The first-order chi connectivity index (χ1) is 6.16. The van der Waals surface area contributed by atoms with E-state index in [2.05, 4.69) is 12.2 Å². The summed E-state index contributed by atoms with van der Waals surface area (Å²) in [5.74, 6) is -0.348. The van der Waals surface area contributed by atoms with Crippen molar-refractivity contribution in [2.24, 2.45) is 0 Å². The van der Waals surface area contributed by atoms with Gasteiger partial charge in [-0.3, -0.25) is 9.59 Å². The van der Waals surface area contributed by atoms with E-state index in [4.69, 9.17) is 4.74 Å². The van der Waals surface area contributed by atoms with Gasteiger partial charge < -0.3 is 17.0 Å². The maximum absolute atomic E-state index is 11.7. The first-order valence-electron chi connectivity index (χ1n) is 3.99. The fourth-order valence-electron chi connectivity index (χ4n) is 0.665. The van der Waals surface area contributed by atoms with Gasteiger partial charge in [0, 0.05) is 40.5 Å². The van der Waals surface area contributed by atoms with Gasteiger partial charge in [0.05, 0.1) is 6.61 Å². The summed E-state index contributed by atoms with van der Waals surface area (Å²) in [7, 11) is 0. The van der Waals surface area contributed by atoms with Gasteiger partial charge in [0.1, 0.15) is 0 Å². The fraction of sp³-hybridized carbons (Fsp3) is 0.625. The molecule has 0 rings (SSSR count). The van der Waals surface area contributed by atoms with E-state index in [1.54, 1.807) is 0 Å². The van der Waals surface area contributed by atoms with Crippen molar-refractivity contribution >= 4 is 11.9 Å². The molecule has 1 N–H and O–H groups in total. The van der Waals surface area contributed by atoms with E-state index in [1.807, 2.05) is 0 Å². The van der Waals surface area contributed by atoms with Gasteiger partial charge in [0.2, 0.25) is 5.91 Å². The van der Waals surface area contributed by atoms with Crippen LogP contribution in [0.3, 0.4) is 0 Å². The summed E-state index contributed by atoms with van der Waals surface area (Å²) in [6.45, 7) is 4.51. The standard InChI is InChI=1S/C8H13FNO3.W/c1-2-13-6-5-10-8(12)4-3-7(9)11;/h1-6H2,(H,10,12);/q-1;. The maximum atomic E-state index is 11.7. The monoisotopic (exact) mass is 374 g/mol. The predicted molar refractivity (Wildman–Crippen MR) is 44.5 cm³/mol. The predicted octanol–water partition coefficient (Wildman–Crippen LogP) is 0.227. The van der Waals surface area contributed by atoms with Gasteiger partial charge in [0.25, 0.3) is 0 Å². The average Bonchev–Trinajstić information content (AvgIpc) is 2.09. The van der Waals surface area contributed by atoms with Crippen LogP contribution in [0.25, 0.3) is 0 Å². The van der Waals surface area contributed by atoms with Crippen molar-refractivity contribution < 1.29 is 39.8 Å². The van der Waals surface area contributed by atoms with Crippen LogP contribution >= 0.6 is 0 Å². The molecule has 0 saturated heterocycles. The number of carbonyl (C=O) groups is 2. The summed E-state index contributed by atoms with van der Waals surface area (Å²) in [5.41, 5.74) is 0. The number of hydrogen-bond acceptors (Lipinski definition) is 3. The molecule has 0 aliphatic carbocycles. The number of rotatable bonds is 7. The number of ether oxygens (including phenoxy) is 1. The molecular weight excluding hydrogens is 361 g/mol. The molecule has 4 nitrogen and oxygen atoms in total. The van der Waals surface area contributed by atoms with Crippen LogP contribution in [0.1, 0.15) is 12.8 Å². The summed E-state index contributed by atoms with van der Waals surface area (Å²) in [4.78, 5) is 20.7. The molecule has 1 amide bonds. The molecule has 6 heteroatoms. The first-order valence-corrected chi connectivity index (χ1v) is 3.99. The van der Waals surface area contributed by atoms with Crippen LogP contribution in [0.2, 0.25) is 0 Å². The molecule has 0 aromatic rings. The topological polar surface area (TPSA) is 55.4 Å². The SMILES string of the molecule is [CH2-]COCCNC(=O)CCC(=O)F.[W]. The normalized spacial score (nSPS) is 9.00. The largest absolute Gasteiger partial charge is 0.412 e. The molecule has 0 heterocycles. The van der Waals surface area contributed by atoms with Crippen LogP contribution in [-0.4, -0.2) is 31.7 Å². The second-order valence-corrected chi connectivity index (χ2v) is 2.32. The number of amides is 1. The number of halogens is 1. The van der Waals surface area contributed by atoms with Crippen molar-refractivity contribution in [1.82, 2.24) is 5.32 Å². The third kappa shape index (κ3) is 11.7. The number of nitrogens with one attached hydrogen (secondary N) is 1. The Bertz CT molecular complexity index is 178. The Morgan fingerprint density at radius 3 is 2.50 bits per heavy atom. The fourth-order valence-corrected chi connectivity index (χ4v) is 0.665. The summed E-state index contributed by atoms with van der Waals surface area (Å²) < 4.78 is 16.5. The minimum atomic E-state index is -1.47. The molecule has 82 valence electrons. The van der Waals surface area contributed by atoms with Crippen molar-refractivity contribution in [3.8, 4) is 0 Å². The maximum Gasteiger partial charge on any atom is 0.302 e. The third-order valence-electron chi connectivity index (χ3n) is 1.26. The Balaban J connectivity index is 0. The summed E-state index contributed by atoms with van der Waals surface area (Å²) in [6, 6.07) is -1.47. The van der Waals surface area contributed by atoms with E-state index in [0.717, 1.165) is 0 Å². The zero-order chi connectivity index (χ0) is 10.1. The van der Waals surface area contributed by atoms with E-state index in [0.29, 0.717) is 19.8 Å². The smallest absolute Gasteiger partial charge is 0.302 e. The number of hydrogen-bond donors (Lipinski definition) is 1. The molecule has 0 aliphatic heterocycles. The molecular formula is C8H13FNO3W-. The molecule has 0 spiro atoms. The zero-order valence-corrected chi connectivity index (χ0v) is 10.7. The first kappa shape index (κ1) is 16.2. The van der Waals surface area contributed by atoms with Crippen molar-refractivity contribution in [1.29, 1.82) is 0 Å². The minimum absolute atomic E-state index is 0. The van der Waals surface area contributed by atoms with Gasteiger partial charge in [-0.05, 0) is 0 Å². The molecule has 14 heavy (non-hydrogen) atoms. The molecule has 0 fully saturated rings. The average molecular weight is 374 g/mol. The van der Waals surface area contributed by atoms with E-state index < -0.39 is 6.04 Å². The van der Waals surface area contributed by atoms with Crippen molar-refractivity contribution in [2.75, 3.05) is 19.8 Å². The quantitative estimate of drug-likeness (QED) is 0.395. The minimum Gasteiger partial charge on any atom is -0.412 e. The molecule has 0 aromatic heterocycles. The van der Waals surface area contributed by atoms with E-state index in [1.165, 1.54) is 0 Å². The summed E-state index contributed by atoms with van der Waals surface area (Å²) in [6.07, 6.45) is -0.471. The number of carbonyl (C=O) groups excluding carboxylic acids is 2. The van der Waals surface area contributed by atoms with Crippen LogP contribution in [0, 0.1) is 6.92 Å². The van der Waals surface area contributed by atoms with Crippen LogP contribution in [0.4, 0.5) is 4.39 Å². The van der Waals surface area contributed by atoms with Gasteiger partial charge >= 0.3 is 6.04 Å². The van der Waals surface area contributed by atoms with E-state index in [-0.39, 0.29) is 39.8 Å². The Morgan fingerprint density at radius 2 is 2.00 bits per heavy atom. The summed E-state index contributed by atoms with van der Waals surface area (Å²) >= 11 is 0. The Kier molecular flexibility index (Phi) is 12.5.